The lowest BCUT2D eigenvalue weighted by atomic mass is 9.72. The Kier molecular flexibility index (Phi) is 5.74. The van der Waals surface area contributed by atoms with E-state index in [-0.39, 0.29) is 30.9 Å². The lowest BCUT2D eigenvalue weighted by Crippen LogP contribution is -2.49. The third-order valence-electron chi connectivity index (χ3n) is 7.73. The molecule has 3 aromatic carbocycles. The van der Waals surface area contributed by atoms with Gasteiger partial charge < -0.3 is 14.6 Å². The van der Waals surface area contributed by atoms with Gasteiger partial charge in [-0.25, -0.2) is 4.90 Å². The van der Waals surface area contributed by atoms with E-state index in [1.807, 2.05) is 60.7 Å². The number of ether oxygens (including phenoxy) is 2. The summed E-state index contributed by atoms with van der Waals surface area (Å²) in [7, 11) is 0. The molecule has 36 heavy (non-hydrogen) atoms. The molecule has 7 heteroatoms. The number of carbonyl (C=O) groups excluding carboxylic acids is 2. The monoisotopic (exact) mass is 484 g/mol. The quantitative estimate of drug-likeness (QED) is 0.557. The molecule has 2 fully saturated rings. The van der Waals surface area contributed by atoms with Crippen molar-refractivity contribution in [3.63, 3.8) is 0 Å². The lowest BCUT2D eigenvalue weighted by Gasteiger charge is -2.43. The van der Waals surface area contributed by atoms with Gasteiger partial charge in [0.15, 0.2) is 11.5 Å². The predicted octanol–water partition coefficient (Wildman–Crippen LogP) is 3.70. The van der Waals surface area contributed by atoms with E-state index in [9.17, 15) is 14.7 Å². The highest BCUT2D eigenvalue weighted by Gasteiger charge is 2.47. The highest BCUT2D eigenvalue weighted by molar-refractivity contribution is 6.22. The van der Waals surface area contributed by atoms with Gasteiger partial charge in [0.2, 0.25) is 12.7 Å². The third-order valence-corrected chi connectivity index (χ3v) is 7.73. The van der Waals surface area contributed by atoms with E-state index < -0.39 is 11.6 Å². The van der Waals surface area contributed by atoms with Crippen LogP contribution in [-0.2, 0) is 15.2 Å². The second kappa shape index (κ2) is 9.08. The minimum Gasteiger partial charge on any atom is -0.454 e. The Balaban J connectivity index is 1.20. The number of rotatable bonds is 5. The van der Waals surface area contributed by atoms with Crippen molar-refractivity contribution in [2.45, 2.75) is 30.9 Å². The molecule has 2 amide bonds. The van der Waals surface area contributed by atoms with Crippen LogP contribution in [0.25, 0.3) is 0 Å². The molecule has 1 N–H and O–H groups in total. The molecule has 2 saturated heterocycles. The van der Waals surface area contributed by atoms with Gasteiger partial charge in [-0.15, -0.1) is 0 Å². The normalized spacial score (nSPS) is 20.8. The summed E-state index contributed by atoms with van der Waals surface area (Å²) in [6.07, 6.45) is 1.57. The molecule has 3 aliphatic heterocycles. The average Bonchev–Trinajstić information content (AvgIpc) is 3.52. The minimum atomic E-state index is -1.12. The second-order valence-electron chi connectivity index (χ2n) is 9.63. The van der Waals surface area contributed by atoms with E-state index in [1.165, 1.54) is 4.90 Å². The second-order valence-corrected chi connectivity index (χ2v) is 9.63. The average molecular weight is 485 g/mol. The summed E-state index contributed by atoms with van der Waals surface area (Å²) in [6, 6.07) is 24.2. The SMILES string of the molecule is O=C1C[C@@H](N2CCC(C(O)(c3ccccc3)c3ccccc3)CC2)C(=O)N1c1ccc2c(c1)OCO2. The number of amides is 2. The summed E-state index contributed by atoms with van der Waals surface area (Å²) in [4.78, 5) is 29.6. The Labute approximate surface area is 209 Å². The van der Waals surface area contributed by atoms with Crippen LogP contribution >= 0.6 is 0 Å². The van der Waals surface area contributed by atoms with Crippen LogP contribution in [0.3, 0.4) is 0 Å². The van der Waals surface area contributed by atoms with Crippen LogP contribution in [0.1, 0.15) is 30.4 Å². The smallest absolute Gasteiger partial charge is 0.251 e. The van der Waals surface area contributed by atoms with Gasteiger partial charge in [-0.2, -0.15) is 0 Å². The Morgan fingerprint density at radius 1 is 0.806 bits per heavy atom. The van der Waals surface area contributed by atoms with Crippen molar-refractivity contribution < 1.29 is 24.2 Å². The van der Waals surface area contributed by atoms with Crippen molar-refractivity contribution in [2.75, 3.05) is 24.8 Å². The van der Waals surface area contributed by atoms with E-state index >= 15 is 0 Å². The van der Waals surface area contributed by atoms with Crippen molar-refractivity contribution >= 4 is 17.5 Å². The first-order valence-corrected chi connectivity index (χ1v) is 12.4. The van der Waals surface area contributed by atoms with Crippen LogP contribution < -0.4 is 14.4 Å². The van der Waals surface area contributed by atoms with E-state index in [1.54, 1.807) is 18.2 Å². The highest BCUT2D eigenvalue weighted by atomic mass is 16.7. The number of hydrogen-bond donors (Lipinski definition) is 1. The molecule has 0 bridgehead atoms. The molecule has 0 aliphatic carbocycles. The molecule has 0 radical (unpaired) electrons. The minimum absolute atomic E-state index is 0.0179. The molecule has 3 heterocycles. The number of piperidine rings is 1. The summed E-state index contributed by atoms with van der Waals surface area (Å²) in [5.74, 6) is 0.713. The van der Waals surface area contributed by atoms with Crippen LogP contribution in [0, 0.1) is 5.92 Å². The predicted molar refractivity (Wildman–Crippen MR) is 134 cm³/mol. The summed E-state index contributed by atoms with van der Waals surface area (Å²) >= 11 is 0. The van der Waals surface area contributed by atoms with Gasteiger partial charge >= 0.3 is 0 Å². The van der Waals surface area contributed by atoms with Crippen LogP contribution in [0.4, 0.5) is 5.69 Å². The summed E-state index contributed by atoms with van der Waals surface area (Å²) in [5, 5.41) is 12.1. The Hall–Kier alpha value is -3.68. The van der Waals surface area contributed by atoms with E-state index in [2.05, 4.69) is 4.90 Å². The molecule has 3 aliphatic rings. The van der Waals surface area contributed by atoms with Crippen molar-refractivity contribution in [2.24, 2.45) is 5.92 Å². The van der Waals surface area contributed by atoms with Gasteiger partial charge in [0.25, 0.3) is 5.91 Å². The number of carbonyl (C=O) groups is 2. The van der Waals surface area contributed by atoms with Gasteiger partial charge in [-0.05, 0) is 55.1 Å². The number of fused-ring (bicyclic) bond motifs is 1. The first-order valence-electron chi connectivity index (χ1n) is 12.4. The van der Waals surface area contributed by atoms with E-state index in [4.69, 9.17) is 9.47 Å². The highest BCUT2D eigenvalue weighted by Crippen LogP contribution is 2.43. The zero-order valence-corrected chi connectivity index (χ0v) is 19.9. The number of imide groups is 1. The molecule has 6 rings (SSSR count). The first-order chi connectivity index (χ1) is 17.6. The van der Waals surface area contributed by atoms with Gasteiger partial charge in [-0.1, -0.05) is 60.7 Å². The topological polar surface area (TPSA) is 79.3 Å². The molecular formula is C29H28N2O5. The zero-order valence-electron chi connectivity index (χ0n) is 19.9. The van der Waals surface area contributed by atoms with Crippen LogP contribution in [0.5, 0.6) is 11.5 Å². The number of likely N-dealkylation sites (tertiary alicyclic amines) is 1. The van der Waals surface area contributed by atoms with Gasteiger partial charge in [0.1, 0.15) is 5.60 Å². The molecular weight excluding hydrogens is 456 g/mol. The van der Waals surface area contributed by atoms with Crippen LogP contribution in [0.2, 0.25) is 0 Å². The van der Waals surface area contributed by atoms with E-state index in [0.717, 1.165) is 11.1 Å². The standard InChI is InChI=1S/C29H28N2O5/c32-27-18-24(28(33)31(27)23-11-12-25-26(17-23)36-19-35-25)30-15-13-22(14-16-30)29(34,20-7-3-1-4-8-20)21-9-5-2-6-10-21/h1-12,17,22,24,34H,13-16,18-19H2/t24-/m1/s1. The van der Waals surface area contributed by atoms with Gasteiger partial charge in [0.05, 0.1) is 18.2 Å². The van der Waals surface area contributed by atoms with Crippen molar-refractivity contribution in [1.29, 1.82) is 0 Å². The molecule has 184 valence electrons. The maximum atomic E-state index is 13.4. The summed E-state index contributed by atoms with van der Waals surface area (Å²) < 4.78 is 10.8. The Morgan fingerprint density at radius 3 is 2.06 bits per heavy atom. The summed E-state index contributed by atoms with van der Waals surface area (Å²) in [6.45, 7) is 1.40. The van der Waals surface area contributed by atoms with Crippen molar-refractivity contribution in [3.8, 4) is 11.5 Å². The van der Waals surface area contributed by atoms with Crippen LogP contribution in [-0.4, -0.2) is 47.7 Å². The van der Waals surface area contributed by atoms with Gasteiger partial charge in [0, 0.05) is 6.07 Å². The molecule has 0 saturated carbocycles. The van der Waals surface area contributed by atoms with Crippen molar-refractivity contribution in [1.82, 2.24) is 4.90 Å². The zero-order chi connectivity index (χ0) is 24.7. The maximum Gasteiger partial charge on any atom is 0.251 e. The Bertz CT molecular complexity index is 1230. The molecule has 3 aromatic rings. The third kappa shape index (κ3) is 3.75. The number of anilines is 1. The molecule has 0 aromatic heterocycles. The molecule has 0 unspecified atom stereocenters. The largest absolute Gasteiger partial charge is 0.454 e. The van der Waals surface area contributed by atoms with E-state index in [0.29, 0.717) is 43.1 Å². The first kappa shape index (κ1) is 22.8. The molecule has 1 atom stereocenters. The number of aliphatic hydroxyl groups is 1. The number of nitrogens with zero attached hydrogens (tertiary/aromatic N) is 2. The van der Waals surface area contributed by atoms with Crippen LogP contribution in [0.15, 0.2) is 78.9 Å². The summed E-state index contributed by atoms with van der Waals surface area (Å²) in [5.41, 5.74) is 1.13. The molecule has 0 spiro atoms. The van der Waals surface area contributed by atoms with Gasteiger partial charge in [-0.3, -0.25) is 14.5 Å². The maximum absolute atomic E-state index is 13.4. The fraction of sp³-hybridized carbons (Fsp3) is 0.310. The lowest BCUT2D eigenvalue weighted by molar-refractivity contribution is -0.123. The van der Waals surface area contributed by atoms with Crippen molar-refractivity contribution in [3.05, 3.63) is 90.0 Å². The number of hydrogen-bond acceptors (Lipinski definition) is 6. The number of benzene rings is 3. The fourth-order valence-corrected chi connectivity index (χ4v) is 5.85. The Morgan fingerprint density at radius 2 is 1.42 bits per heavy atom. The fourth-order valence-electron chi connectivity index (χ4n) is 5.85. The molecule has 7 nitrogen and oxygen atoms in total.